The lowest BCUT2D eigenvalue weighted by Gasteiger charge is -2.10. The molecule has 20 heavy (non-hydrogen) atoms. The van der Waals surface area contributed by atoms with Gasteiger partial charge >= 0.3 is 0 Å². The summed E-state index contributed by atoms with van der Waals surface area (Å²) in [5, 5.41) is 9.83. The van der Waals surface area contributed by atoms with Gasteiger partial charge in [-0.25, -0.2) is 9.97 Å². The van der Waals surface area contributed by atoms with Crippen LogP contribution in [0.15, 0.2) is 24.3 Å². The molecule has 3 rings (SSSR count). The first-order chi connectivity index (χ1) is 9.67. The average Bonchev–Trinajstić information content (AvgIpc) is 2.93. The topological polar surface area (TPSA) is 72.0 Å². The van der Waals surface area contributed by atoms with Crippen LogP contribution in [0.3, 0.4) is 0 Å². The lowest BCUT2D eigenvalue weighted by molar-refractivity contribution is 0.176. The van der Waals surface area contributed by atoms with Gasteiger partial charge in [-0.1, -0.05) is 12.1 Å². The number of aromatic nitrogens is 2. The maximum absolute atomic E-state index is 9.83. The lowest BCUT2D eigenvalue weighted by Crippen LogP contribution is -2.15. The van der Waals surface area contributed by atoms with Crippen LogP contribution < -0.4 is 5.73 Å². The van der Waals surface area contributed by atoms with E-state index in [0.29, 0.717) is 5.82 Å². The van der Waals surface area contributed by atoms with Gasteiger partial charge in [-0.05, 0) is 49.4 Å². The number of aliphatic hydroxyl groups excluding tert-OH is 1. The summed E-state index contributed by atoms with van der Waals surface area (Å²) in [7, 11) is 0. The Balaban J connectivity index is 2.03. The number of rotatable bonds is 3. The second-order valence-electron chi connectivity index (χ2n) is 5.34. The second kappa shape index (κ2) is 5.31. The van der Waals surface area contributed by atoms with E-state index in [2.05, 4.69) is 28.2 Å². The molecule has 0 amide bonds. The Bertz CT molecular complexity index is 640. The van der Waals surface area contributed by atoms with Crippen molar-refractivity contribution < 1.29 is 5.11 Å². The molecule has 0 radical (unpaired) electrons. The number of aryl methyl sites for hydroxylation is 3. The monoisotopic (exact) mass is 269 g/mol. The van der Waals surface area contributed by atoms with Crippen LogP contribution in [0.1, 0.15) is 35.2 Å². The second-order valence-corrected chi connectivity index (χ2v) is 5.34. The molecule has 0 aliphatic heterocycles. The van der Waals surface area contributed by atoms with E-state index in [-0.39, 0.29) is 6.54 Å². The summed E-state index contributed by atoms with van der Waals surface area (Å²) >= 11 is 0. The molecule has 104 valence electrons. The van der Waals surface area contributed by atoms with Gasteiger partial charge in [0.15, 0.2) is 5.82 Å². The normalized spacial score (nSPS) is 15.2. The van der Waals surface area contributed by atoms with E-state index in [0.717, 1.165) is 23.4 Å². The Hall–Kier alpha value is -1.78. The smallest absolute Gasteiger partial charge is 0.159 e. The minimum absolute atomic E-state index is 0.132. The molecule has 0 saturated heterocycles. The maximum Gasteiger partial charge on any atom is 0.159 e. The molecule has 1 aromatic heterocycles. The minimum atomic E-state index is -0.803. The van der Waals surface area contributed by atoms with E-state index in [4.69, 9.17) is 5.73 Å². The number of nitrogens with zero attached hydrogens (tertiary/aromatic N) is 2. The summed E-state index contributed by atoms with van der Waals surface area (Å²) in [4.78, 5) is 8.72. The number of aliphatic hydroxyl groups is 1. The molecule has 0 fully saturated rings. The van der Waals surface area contributed by atoms with Crippen LogP contribution in [0.5, 0.6) is 0 Å². The summed E-state index contributed by atoms with van der Waals surface area (Å²) < 4.78 is 0. The molecule has 1 aliphatic carbocycles. The fourth-order valence-electron chi connectivity index (χ4n) is 2.72. The van der Waals surface area contributed by atoms with Gasteiger partial charge in [-0.3, -0.25) is 0 Å². The number of nitrogens with two attached hydrogens (primary N) is 1. The third-order valence-corrected chi connectivity index (χ3v) is 3.79. The third-order valence-electron chi connectivity index (χ3n) is 3.79. The highest BCUT2D eigenvalue weighted by atomic mass is 16.3. The molecule has 1 heterocycles. The zero-order chi connectivity index (χ0) is 14.1. The van der Waals surface area contributed by atoms with Gasteiger partial charge in [0.1, 0.15) is 6.10 Å². The van der Waals surface area contributed by atoms with Gasteiger partial charge in [0.05, 0.1) is 5.69 Å². The first-order valence-corrected chi connectivity index (χ1v) is 7.03. The molecule has 2 aromatic rings. The van der Waals surface area contributed by atoms with E-state index in [9.17, 15) is 5.11 Å². The van der Waals surface area contributed by atoms with Crippen molar-refractivity contribution in [2.75, 3.05) is 6.54 Å². The zero-order valence-electron chi connectivity index (χ0n) is 11.6. The van der Waals surface area contributed by atoms with Crippen LogP contribution in [-0.2, 0) is 12.8 Å². The highest BCUT2D eigenvalue weighted by Crippen LogP contribution is 2.27. The fourth-order valence-corrected chi connectivity index (χ4v) is 2.72. The Morgan fingerprint density at radius 2 is 2.00 bits per heavy atom. The van der Waals surface area contributed by atoms with Gasteiger partial charge in [0, 0.05) is 17.8 Å². The van der Waals surface area contributed by atoms with Crippen molar-refractivity contribution in [3.8, 4) is 11.3 Å². The summed E-state index contributed by atoms with van der Waals surface area (Å²) in [5.41, 5.74) is 11.1. The van der Waals surface area contributed by atoms with Crippen molar-refractivity contribution in [1.29, 1.82) is 0 Å². The molecule has 1 atom stereocenters. The first-order valence-electron chi connectivity index (χ1n) is 7.03. The van der Waals surface area contributed by atoms with Gasteiger partial charge in [0.25, 0.3) is 0 Å². The van der Waals surface area contributed by atoms with Crippen molar-refractivity contribution >= 4 is 0 Å². The summed E-state index contributed by atoms with van der Waals surface area (Å²) in [6.45, 7) is 2.04. The van der Waals surface area contributed by atoms with Crippen molar-refractivity contribution in [2.24, 2.45) is 5.73 Å². The standard InChI is InChI=1S/C16H19N3O/c1-10-7-14(19-16(18-10)15(20)9-17)13-6-5-11-3-2-4-12(11)8-13/h5-8,15,20H,2-4,9,17H2,1H3. The maximum atomic E-state index is 9.83. The molecule has 4 nitrogen and oxygen atoms in total. The van der Waals surface area contributed by atoms with Crippen LogP contribution in [0.4, 0.5) is 0 Å². The molecule has 0 spiro atoms. The Morgan fingerprint density at radius 1 is 1.20 bits per heavy atom. The number of hydrogen-bond donors (Lipinski definition) is 2. The number of fused-ring (bicyclic) bond motifs is 1. The molecule has 1 aromatic carbocycles. The molecule has 0 bridgehead atoms. The fraction of sp³-hybridized carbons (Fsp3) is 0.375. The van der Waals surface area contributed by atoms with Crippen LogP contribution in [0.2, 0.25) is 0 Å². The van der Waals surface area contributed by atoms with Gasteiger partial charge in [-0.2, -0.15) is 0 Å². The predicted molar refractivity (Wildman–Crippen MR) is 78.2 cm³/mol. The van der Waals surface area contributed by atoms with Gasteiger partial charge in [-0.15, -0.1) is 0 Å². The van der Waals surface area contributed by atoms with Crippen molar-refractivity contribution in [1.82, 2.24) is 9.97 Å². The molecule has 4 heteroatoms. The minimum Gasteiger partial charge on any atom is -0.384 e. The SMILES string of the molecule is Cc1cc(-c2ccc3c(c2)CCC3)nc(C(O)CN)n1. The van der Waals surface area contributed by atoms with Crippen LogP contribution >= 0.6 is 0 Å². The number of hydrogen-bond acceptors (Lipinski definition) is 4. The van der Waals surface area contributed by atoms with Crippen LogP contribution in [0, 0.1) is 6.92 Å². The Labute approximate surface area is 118 Å². The molecule has 1 aliphatic rings. The van der Waals surface area contributed by atoms with Crippen LogP contribution in [-0.4, -0.2) is 21.6 Å². The lowest BCUT2D eigenvalue weighted by atomic mass is 10.0. The quantitative estimate of drug-likeness (QED) is 0.893. The molecule has 1 unspecified atom stereocenters. The van der Waals surface area contributed by atoms with Crippen LogP contribution in [0.25, 0.3) is 11.3 Å². The molecule has 3 N–H and O–H groups in total. The van der Waals surface area contributed by atoms with Gasteiger partial charge < -0.3 is 10.8 Å². The van der Waals surface area contributed by atoms with E-state index >= 15 is 0 Å². The van der Waals surface area contributed by atoms with Crippen molar-refractivity contribution in [2.45, 2.75) is 32.3 Å². The summed E-state index contributed by atoms with van der Waals surface area (Å²) in [6.07, 6.45) is 2.75. The highest BCUT2D eigenvalue weighted by Gasteiger charge is 2.14. The third kappa shape index (κ3) is 2.44. The first kappa shape index (κ1) is 13.2. The van der Waals surface area contributed by atoms with E-state index < -0.39 is 6.10 Å². The van der Waals surface area contributed by atoms with Crippen molar-refractivity contribution in [3.63, 3.8) is 0 Å². The summed E-state index contributed by atoms with van der Waals surface area (Å²) in [5.74, 6) is 0.406. The molecule has 0 saturated carbocycles. The number of benzene rings is 1. The zero-order valence-corrected chi connectivity index (χ0v) is 11.6. The largest absolute Gasteiger partial charge is 0.384 e. The Kier molecular flexibility index (Phi) is 3.51. The Morgan fingerprint density at radius 3 is 2.80 bits per heavy atom. The summed E-state index contributed by atoms with van der Waals surface area (Å²) in [6, 6.07) is 8.45. The van der Waals surface area contributed by atoms with E-state index in [1.165, 1.54) is 24.0 Å². The van der Waals surface area contributed by atoms with E-state index in [1.54, 1.807) is 0 Å². The average molecular weight is 269 g/mol. The highest BCUT2D eigenvalue weighted by molar-refractivity contribution is 5.62. The molecular formula is C16H19N3O. The van der Waals surface area contributed by atoms with E-state index in [1.807, 2.05) is 13.0 Å². The van der Waals surface area contributed by atoms with Gasteiger partial charge in [0.2, 0.25) is 0 Å². The molecular weight excluding hydrogens is 250 g/mol. The van der Waals surface area contributed by atoms with Crippen molar-refractivity contribution in [3.05, 3.63) is 46.9 Å². The predicted octanol–water partition coefficient (Wildman–Crippen LogP) is 1.93.